The predicted molar refractivity (Wildman–Crippen MR) is 55.9 cm³/mol. The molecule has 0 saturated carbocycles. The number of hydrogen-bond donors (Lipinski definition) is 1. The van der Waals surface area contributed by atoms with Crippen LogP contribution < -0.4 is 5.73 Å². The average molecular weight is 294 g/mol. The van der Waals surface area contributed by atoms with Crippen molar-refractivity contribution < 1.29 is 26.3 Å². The van der Waals surface area contributed by atoms with Crippen LogP contribution in [-0.4, -0.2) is 12.2 Å². The molecule has 0 amide bonds. The van der Waals surface area contributed by atoms with E-state index in [2.05, 4.69) is 0 Å². The van der Waals surface area contributed by atoms with Crippen LogP contribution in [0.3, 0.4) is 0 Å². The summed E-state index contributed by atoms with van der Waals surface area (Å²) in [6.45, 7) is 0. The van der Waals surface area contributed by atoms with Crippen molar-refractivity contribution in [2.75, 3.05) is 0 Å². The highest BCUT2D eigenvalue weighted by molar-refractivity contribution is 5.85. The average Bonchev–Trinajstić information content (AvgIpc) is 2.23. The molecule has 1 nitrogen and oxygen atoms in total. The molecule has 0 fully saturated rings. The summed E-state index contributed by atoms with van der Waals surface area (Å²) >= 11 is 0. The molecule has 0 aliphatic heterocycles. The van der Waals surface area contributed by atoms with Gasteiger partial charge in [-0.2, -0.15) is 13.2 Å². The van der Waals surface area contributed by atoms with E-state index in [-0.39, 0.29) is 18.0 Å². The molecule has 0 spiro atoms. The van der Waals surface area contributed by atoms with Crippen molar-refractivity contribution in [3.63, 3.8) is 0 Å². The van der Waals surface area contributed by atoms with E-state index < -0.39 is 42.5 Å². The monoisotopic (exact) mass is 293 g/mol. The molecule has 0 heterocycles. The van der Waals surface area contributed by atoms with Gasteiger partial charge in [-0.15, -0.1) is 12.4 Å². The molecule has 2 N–H and O–H groups in total. The molecule has 0 bridgehead atoms. The van der Waals surface area contributed by atoms with E-state index in [0.29, 0.717) is 6.07 Å². The van der Waals surface area contributed by atoms with Gasteiger partial charge >= 0.3 is 6.18 Å². The van der Waals surface area contributed by atoms with E-state index in [4.69, 9.17) is 5.73 Å². The van der Waals surface area contributed by atoms with Gasteiger partial charge in [0.25, 0.3) is 0 Å². The minimum Gasteiger partial charge on any atom is -0.320 e. The Labute approximate surface area is 105 Å². The third-order valence-electron chi connectivity index (χ3n) is 2.26. The van der Waals surface area contributed by atoms with Crippen LogP contribution in [0.15, 0.2) is 12.1 Å². The summed E-state index contributed by atoms with van der Waals surface area (Å²) in [5.41, 5.74) is 4.47. The standard InChI is InChI=1S/C10H9F6N.ClH/c11-6-3-1-5(8(12)9(6)13)2-4-7(17)10(14,15)16;/h1,3,7H,2,4,17H2;1H. The van der Waals surface area contributed by atoms with Crippen LogP contribution in [0.1, 0.15) is 12.0 Å². The van der Waals surface area contributed by atoms with Crippen LogP contribution in [-0.2, 0) is 6.42 Å². The summed E-state index contributed by atoms with van der Waals surface area (Å²) in [6.07, 6.45) is -5.59. The van der Waals surface area contributed by atoms with Crippen LogP contribution in [0.4, 0.5) is 26.3 Å². The number of hydrogen-bond acceptors (Lipinski definition) is 1. The van der Waals surface area contributed by atoms with Crippen molar-refractivity contribution in [3.05, 3.63) is 35.1 Å². The molecule has 8 heteroatoms. The van der Waals surface area contributed by atoms with Crippen molar-refractivity contribution in [2.24, 2.45) is 5.73 Å². The summed E-state index contributed by atoms with van der Waals surface area (Å²) < 4.78 is 74.5. The Morgan fingerprint density at radius 3 is 2.11 bits per heavy atom. The number of nitrogens with two attached hydrogens (primary N) is 1. The third-order valence-corrected chi connectivity index (χ3v) is 2.26. The predicted octanol–water partition coefficient (Wildman–Crippen LogP) is 3.35. The fraction of sp³-hybridized carbons (Fsp3) is 0.400. The lowest BCUT2D eigenvalue weighted by Crippen LogP contribution is -2.37. The first-order valence-corrected chi connectivity index (χ1v) is 4.68. The minimum absolute atomic E-state index is 0. The Morgan fingerprint density at radius 2 is 1.61 bits per heavy atom. The molecule has 18 heavy (non-hydrogen) atoms. The summed E-state index contributed by atoms with van der Waals surface area (Å²) in [5, 5.41) is 0. The Balaban J connectivity index is 0.00000289. The summed E-state index contributed by atoms with van der Waals surface area (Å²) in [5.74, 6) is -4.55. The molecular formula is C10H10ClF6N. The fourth-order valence-corrected chi connectivity index (χ4v) is 1.23. The summed E-state index contributed by atoms with van der Waals surface area (Å²) in [7, 11) is 0. The van der Waals surface area contributed by atoms with Gasteiger partial charge in [0.05, 0.1) is 0 Å². The smallest absolute Gasteiger partial charge is 0.320 e. The van der Waals surface area contributed by atoms with Crippen molar-refractivity contribution in [2.45, 2.75) is 25.1 Å². The van der Waals surface area contributed by atoms with Gasteiger partial charge in [-0.25, -0.2) is 13.2 Å². The molecule has 0 aromatic heterocycles. The zero-order chi connectivity index (χ0) is 13.2. The van der Waals surface area contributed by atoms with Crippen LogP contribution in [0.25, 0.3) is 0 Å². The van der Waals surface area contributed by atoms with Crippen LogP contribution >= 0.6 is 12.4 Å². The first kappa shape index (κ1) is 17.1. The second kappa shape index (κ2) is 6.29. The molecular weight excluding hydrogens is 284 g/mol. The summed E-state index contributed by atoms with van der Waals surface area (Å²) in [6, 6.07) is -0.557. The van der Waals surface area contributed by atoms with Crippen molar-refractivity contribution in [1.82, 2.24) is 0 Å². The van der Waals surface area contributed by atoms with Gasteiger partial charge in [0.15, 0.2) is 17.5 Å². The first-order chi connectivity index (χ1) is 7.73. The molecule has 1 aromatic carbocycles. The lowest BCUT2D eigenvalue weighted by molar-refractivity contribution is -0.148. The van der Waals surface area contributed by atoms with Gasteiger partial charge in [-0.05, 0) is 24.5 Å². The number of aryl methyl sites for hydroxylation is 1. The zero-order valence-electron chi connectivity index (χ0n) is 8.90. The van der Waals surface area contributed by atoms with E-state index in [1.54, 1.807) is 0 Å². The molecule has 1 atom stereocenters. The van der Waals surface area contributed by atoms with E-state index in [0.717, 1.165) is 6.07 Å². The molecule has 0 aliphatic carbocycles. The highest BCUT2D eigenvalue weighted by atomic mass is 35.5. The molecule has 1 aromatic rings. The van der Waals surface area contributed by atoms with Crippen LogP contribution in [0, 0.1) is 17.5 Å². The van der Waals surface area contributed by atoms with Gasteiger partial charge in [0.1, 0.15) is 6.04 Å². The fourth-order valence-electron chi connectivity index (χ4n) is 1.23. The Morgan fingerprint density at radius 1 is 1.06 bits per heavy atom. The maximum Gasteiger partial charge on any atom is 0.403 e. The van der Waals surface area contributed by atoms with E-state index in [1.165, 1.54) is 0 Å². The van der Waals surface area contributed by atoms with Gasteiger partial charge < -0.3 is 5.73 Å². The lowest BCUT2D eigenvalue weighted by Gasteiger charge is -2.15. The Hall–Kier alpha value is -0.950. The Bertz CT molecular complexity index is 406. The van der Waals surface area contributed by atoms with Crippen LogP contribution in [0.2, 0.25) is 0 Å². The molecule has 104 valence electrons. The van der Waals surface area contributed by atoms with Gasteiger partial charge in [-0.3, -0.25) is 0 Å². The maximum atomic E-state index is 13.1. The van der Waals surface area contributed by atoms with Gasteiger partial charge in [-0.1, -0.05) is 6.07 Å². The number of halogens is 7. The lowest BCUT2D eigenvalue weighted by atomic mass is 10.0. The SMILES string of the molecule is Cl.NC(CCc1ccc(F)c(F)c1F)C(F)(F)F. The van der Waals surface area contributed by atoms with Gasteiger partial charge in [0, 0.05) is 0 Å². The van der Waals surface area contributed by atoms with E-state index in [9.17, 15) is 26.3 Å². The van der Waals surface area contributed by atoms with Crippen LogP contribution in [0.5, 0.6) is 0 Å². The van der Waals surface area contributed by atoms with Crippen molar-refractivity contribution >= 4 is 12.4 Å². The minimum atomic E-state index is -4.59. The normalized spacial score (nSPS) is 13.1. The molecule has 0 aliphatic rings. The zero-order valence-corrected chi connectivity index (χ0v) is 9.72. The molecule has 1 rings (SSSR count). The quantitative estimate of drug-likeness (QED) is 0.671. The second-order valence-corrected chi connectivity index (χ2v) is 3.52. The van der Waals surface area contributed by atoms with E-state index in [1.807, 2.05) is 0 Å². The maximum absolute atomic E-state index is 13.1. The largest absolute Gasteiger partial charge is 0.403 e. The topological polar surface area (TPSA) is 26.0 Å². The number of rotatable bonds is 3. The highest BCUT2D eigenvalue weighted by Crippen LogP contribution is 2.23. The third kappa shape index (κ3) is 4.06. The summed E-state index contributed by atoms with van der Waals surface area (Å²) in [4.78, 5) is 0. The van der Waals surface area contributed by atoms with Gasteiger partial charge in [0.2, 0.25) is 0 Å². The van der Waals surface area contributed by atoms with Crippen molar-refractivity contribution in [1.29, 1.82) is 0 Å². The van der Waals surface area contributed by atoms with E-state index >= 15 is 0 Å². The highest BCUT2D eigenvalue weighted by Gasteiger charge is 2.36. The number of benzene rings is 1. The Kier molecular flexibility index (Phi) is 5.95. The first-order valence-electron chi connectivity index (χ1n) is 4.68. The molecule has 0 saturated heterocycles. The molecule has 0 radical (unpaired) electrons. The second-order valence-electron chi connectivity index (χ2n) is 3.52. The molecule has 1 unspecified atom stereocenters. The van der Waals surface area contributed by atoms with Crippen molar-refractivity contribution in [3.8, 4) is 0 Å². The number of alkyl halides is 3.